The number of carboxylic acid groups (broad SMARTS) is 1. The summed E-state index contributed by atoms with van der Waals surface area (Å²) in [7, 11) is 2.99. The molecule has 0 aliphatic carbocycles. The van der Waals surface area contributed by atoms with Crippen molar-refractivity contribution in [1.82, 2.24) is 30.7 Å². The number of benzene rings is 2. The van der Waals surface area contributed by atoms with Crippen LogP contribution < -0.4 is 45.9 Å². The molecule has 2 aliphatic heterocycles. The number of carbonyl (C=O) groups is 10. The number of nitrogens with zero attached hydrogens (tertiary/aromatic N) is 3. The van der Waals surface area contributed by atoms with E-state index in [1.54, 1.807) is 67.3 Å². The number of carbonyl (C=O) groups excluding carboxylic acids is 9. The second kappa shape index (κ2) is 30.1. The van der Waals surface area contributed by atoms with E-state index in [1.165, 1.54) is 25.6 Å². The summed E-state index contributed by atoms with van der Waals surface area (Å²) in [4.78, 5) is 132. The van der Waals surface area contributed by atoms with Crippen LogP contribution in [0.1, 0.15) is 91.7 Å². The zero-order valence-corrected chi connectivity index (χ0v) is 46.1. The minimum Gasteiger partial charge on any atom is -0.493 e. The Balaban J connectivity index is 0.914. The molecule has 0 saturated carbocycles. The van der Waals surface area contributed by atoms with Crippen molar-refractivity contribution in [2.75, 3.05) is 59.1 Å². The van der Waals surface area contributed by atoms with Crippen LogP contribution in [0.25, 0.3) is 10.1 Å². The van der Waals surface area contributed by atoms with Gasteiger partial charge in [0.25, 0.3) is 17.7 Å². The van der Waals surface area contributed by atoms with Gasteiger partial charge in [-0.3, -0.25) is 48.1 Å². The van der Waals surface area contributed by atoms with Gasteiger partial charge < -0.3 is 65.4 Å². The molecule has 26 heteroatoms. The van der Waals surface area contributed by atoms with Crippen molar-refractivity contribution in [2.24, 2.45) is 11.7 Å². The predicted molar refractivity (Wildman–Crippen MR) is 291 cm³/mol. The lowest BCUT2D eigenvalue weighted by atomic mass is 10.0. The highest BCUT2D eigenvalue weighted by atomic mass is 32.1. The van der Waals surface area contributed by atoms with Crippen LogP contribution in [0.2, 0.25) is 0 Å². The standard InChI is InChI=1S/C55H66N8O17S/c1-32(2)51(61-45(65)18-23-77-24-20-63-47(67)13-14-48(63)68)53(73)59-37(7-5-19-57-55(56)74)52(72)58-36-10-8-33(9-11-36)31-80-50(71)17-15-46(66)62-29-35-26-42(76-4)54(60-38(35)30-62)79-22-6-21-78-41-25-34-27-44(39(64)12-16-49(69)70)81-43(34)28-40(41)75-3/h8-11,13-14,25-28,32,37,51H,5-7,12,15-24,29-31H2,1-4H3,(H,58,72)(H,59,73)(H,61,65)(H,69,70)(H3,56,57,74)/t37-,51-/m0/s1. The van der Waals surface area contributed by atoms with Crippen molar-refractivity contribution in [3.8, 4) is 23.1 Å². The number of hydrogen-bond acceptors (Lipinski definition) is 18. The Morgan fingerprint density at radius 1 is 0.778 bits per heavy atom. The lowest BCUT2D eigenvalue weighted by Gasteiger charge is -2.25. The first-order valence-electron chi connectivity index (χ1n) is 26.1. The van der Waals surface area contributed by atoms with E-state index in [4.69, 9.17) is 39.3 Å². The van der Waals surface area contributed by atoms with E-state index < -0.39 is 65.5 Å². The molecule has 81 heavy (non-hydrogen) atoms. The summed E-state index contributed by atoms with van der Waals surface area (Å²) >= 11 is 1.26. The Kier molecular flexibility index (Phi) is 22.9. The van der Waals surface area contributed by atoms with Gasteiger partial charge in [0.1, 0.15) is 18.7 Å². The van der Waals surface area contributed by atoms with Crippen molar-refractivity contribution in [3.63, 3.8) is 0 Å². The molecule has 0 saturated heterocycles. The van der Waals surface area contributed by atoms with Crippen LogP contribution in [-0.4, -0.2) is 145 Å². The van der Waals surface area contributed by atoms with E-state index in [2.05, 4.69) is 26.3 Å². The van der Waals surface area contributed by atoms with Crippen LogP contribution >= 0.6 is 11.3 Å². The quantitative estimate of drug-likeness (QED) is 0.0170. The summed E-state index contributed by atoms with van der Waals surface area (Å²) in [6.07, 6.45) is 2.36. The number of anilines is 1. The number of ether oxygens (including phenoxy) is 6. The monoisotopic (exact) mass is 1140 g/mol. The number of carboxylic acids is 1. The number of esters is 1. The molecule has 434 valence electrons. The number of amides is 8. The number of thiophene rings is 1. The molecule has 2 aromatic heterocycles. The van der Waals surface area contributed by atoms with Crippen LogP contribution in [0.3, 0.4) is 0 Å². The van der Waals surface area contributed by atoms with Gasteiger partial charge >= 0.3 is 18.0 Å². The topological polar surface area (TPSA) is 340 Å². The van der Waals surface area contributed by atoms with Crippen LogP contribution in [0.4, 0.5) is 10.5 Å². The lowest BCUT2D eigenvalue weighted by Crippen LogP contribution is -2.54. The molecule has 0 fully saturated rings. The number of Topliss-reactive ketones (excluding diaryl/α,β-unsaturated/α-hetero) is 1. The van der Waals surface area contributed by atoms with Crippen molar-refractivity contribution >= 4 is 86.3 Å². The molecular formula is C55H66N8O17S. The highest BCUT2D eigenvalue weighted by molar-refractivity contribution is 7.20. The molecule has 0 spiro atoms. The van der Waals surface area contributed by atoms with Crippen LogP contribution in [0.15, 0.2) is 60.7 Å². The molecule has 6 rings (SSSR count). The molecule has 0 unspecified atom stereocenters. The van der Waals surface area contributed by atoms with E-state index in [0.29, 0.717) is 45.5 Å². The number of hydrogen-bond donors (Lipinski definition) is 6. The van der Waals surface area contributed by atoms with Gasteiger partial charge in [-0.25, -0.2) is 9.78 Å². The number of urea groups is 1. The molecule has 0 radical (unpaired) electrons. The average molecular weight is 1140 g/mol. The molecule has 7 N–H and O–H groups in total. The highest BCUT2D eigenvalue weighted by Gasteiger charge is 2.31. The fourth-order valence-electron chi connectivity index (χ4n) is 8.33. The van der Waals surface area contributed by atoms with Gasteiger partial charge in [-0.2, -0.15) is 0 Å². The van der Waals surface area contributed by atoms with Crippen LogP contribution in [-0.2, 0) is 67.5 Å². The summed E-state index contributed by atoms with van der Waals surface area (Å²) in [6, 6.07) is 10.5. The van der Waals surface area contributed by atoms with Crippen molar-refractivity contribution in [3.05, 3.63) is 82.4 Å². The zero-order chi connectivity index (χ0) is 58.6. The van der Waals surface area contributed by atoms with Gasteiger partial charge in [0.05, 0.1) is 77.1 Å². The SMILES string of the molecule is COc1cc2sc(C(=O)CCC(=O)O)cc2cc1OCCCOc1nc2c(cc1OC)CN(C(=O)CCC(=O)OCc1ccc(NC(=O)[C@H](CCCNC(N)=O)NC(=O)[C@@H](NC(=O)CCOCCN3C(=O)C=CC3=O)C(C)C)cc1)C2. The Bertz CT molecular complexity index is 2980. The number of nitrogens with one attached hydrogen (secondary N) is 4. The minimum atomic E-state index is -1.10. The van der Waals surface area contributed by atoms with E-state index in [0.717, 1.165) is 32.7 Å². The van der Waals surface area contributed by atoms with E-state index in [9.17, 15) is 47.9 Å². The summed E-state index contributed by atoms with van der Waals surface area (Å²) in [6.45, 7) is 4.35. The van der Waals surface area contributed by atoms with Crippen LogP contribution in [0.5, 0.6) is 23.1 Å². The maximum atomic E-state index is 13.6. The fraction of sp³-hybridized carbons (Fsp3) is 0.436. The molecule has 25 nitrogen and oxygen atoms in total. The van der Waals surface area contributed by atoms with E-state index in [1.807, 2.05) is 0 Å². The first kappa shape index (κ1) is 61.6. The number of imide groups is 1. The minimum absolute atomic E-state index is 0.0167. The zero-order valence-electron chi connectivity index (χ0n) is 45.3. The summed E-state index contributed by atoms with van der Waals surface area (Å²) in [5, 5.41) is 20.3. The van der Waals surface area contributed by atoms with Gasteiger partial charge in [0.15, 0.2) is 23.0 Å². The van der Waals surface area contributed by atoms with E-state index >= 15 is 0 Å². The van der Waals surface area contributed by atoms with Gasteiger partial charge in [0, 0.05) is 67.4 Å². The number of rotatable bonds is 33. The molecule has 0 bridgehead atoms. The average Bonchev–Trinajstić information content (AvgIpc) is 4.21. The Hall–Kier alpha value is -8.65. The maximum absolute atomic E-state index is 13.6. The maximum Gasteiger partial charge on any atom is 0.312 e. The molecule has 4 aromatic rings. The Morgan fingerprint density at radius 2 is 1.51 bits per heavy atom. The highest BCUT2D eigenvalue weighted by Crippen LogP contribution is 2.38. The molecule has 2 aliphatic rings. The number of aliphatic carboxylic acids is 1. The summed E-state index contributed by atoms with van der Waals surface area (Å²) in [5.41, 5.74) is 7.53. The third kappa shape index (κ3) is 18.5. The van der Waals surface area contributed by atoms with Crippen molar-refractivity contribution in [2.45, 2.75) is 97.0 Å². The second-order valence-electron chi connectivity index (χ2n) is 19.0. The number of nitrogens with two attached hydrogens (primary N) is 1. The van der Waals surface area contributed by atoms with Gasteiger partial charge in [-0.1, -0.05) is 26.0 Å². The Labute approximate surface area is 470 Å². The fourth-order valence-corrected chi connectivity index (χ4v) is 9.37. The van der Waals surface area contributed by atoms with Crippen molar-refractivity contribution in [1.29, 1.82) is 0 Å². The number of pyridine rings is 1. The number of primary amides is 1. The predicted octanol–water partition coefficient (Wildman–Crippen LogP) is 3.92. The van der Waals surface area contributed by atoms with Gasteiger partial charge in [-0.05, 0) is 65.6 Å². The molecule has 4 heterocycles. The number of fused-ring (bicyclic) bond motifs is 2. The van der Waals surface area contributed by atoms with Crippen molar-refractivity contribution < 1.29 is 81.5 Å². The Morgan fingerprint density at radius 3 is 2.20 bits per heavy atom. The molecule has 8 amide bonds. The largest absolute Gasteiger partial charge is 0.493 e. The first-order valence-corrected chi connectivity index (χ1v) is 26.9. The number of methoxy groups -OCH3 is 2. The third-order valence-corrected chi connectivity index (χ3v) is 13.8. The van der Waals surface area contributed by atoms with E-state index in [-0.39, 0.29) is 122 Å². The second-order valence-corrected chi connectivity index (χ2v) is 20.1. The van der Waals surface area contributed by atoms with Gasteiger partial charge in [-0.15, -0.1) is 11.3 Å². The summed E-state index contributed by atoms with van der Waals surface area (Å²) < 4.78 is 34.7. The summed E-state index contributed by atoms with van der Waals surface area (Å²) in [5.74, 6) is -3.61. The third-order valence-electron chi connectivity index (χ3n) is 12.7. The number of aromatic nitrogens is 1. The van der Waals surface area contributed by atoms with Gasteiger partial charge in [0.2, 0.25) is 23.6 Å². The normalized spacial score (nSPS) is 13.3. The molecular weight excluding hydrogens is 1080 g/mol. The molecule has 2 atom stereocenters. The lowest BCUT2D eigenvalue weighted by molar-refractivity contribution is -0.147. The van der Waals surface area contributed by atoms with Crippen LogP contribution in [0, 0.1) is 5.92 Å². The smallest absolute Gasteiger partial charge is 0.312 e. The number of ketones is 1. The molecule has 2 aromatic carbocycles. The first-order chi connectivity index (χ1) is 38.8.